The molecule has 0 aliphatic carbocycles. The van der Waals surface area contributed by atoms with Gasteiger partial charge >= 0.3 is 0 Å². The summed E-state index contributed by atoms with van der Waals surface area (Å²) >= 11 is 0. The highest BCUT2D eigenvalue weighted by molar-refractivity contribution is 5.94. The largest absolute Gasteiger partial charge is 0.508 e. The second-order valence-corrected chi connectivity index (χ2v) is 4.16. The number of amides is 1. The summed E-state index contributed by atoms with van der Waals surface area (Å²) in [7, 11) is 1.73. The van der Waals surface area contributed by atoms with Gasteiger partial charge in [0.25, 0.3) is 0 Å². The van der Waals surface area contributed by atoms with Crippen molar-refractivity contribution in [3.63, 3.8) is 0 Å². The van der Waals surface area contributed by atoms with Crippen molar-refractivity contribution in [3.8, 4) is 5.75 Å². The van der Waals surface area contributed by atoms with Crippen LogP contribution in [0.2, 0.25) is 0 Å². The van der Waals surface area contributed by atoms with Gasteiger partial charge in [-0.1, -0.05) is 6.92 Å². The summed E-state index contributed by atoms with van der Waals surface area (Å²) in [6.07, 6.45) is 0.996. The molecule has 0 aliphatic heterocycles. The third-order valence-electron chi connectivity index (χ3n) is 2.83. The zero-order chi connectivity index (χ0) is 12.8. The third-order valence-corrected chi connectivity index (χ3v) is 2.83. The minimum atomic E-state index is 0.0102. The van der Waals surface area contributed by atoms with Gasteiger partial charge in [-0.2, -0.15) is 0 Å². The lowest BCUT2D eigenvalue weighted by Crippen LogP contribution is -2.38. The van der Waals surface area contributed by atoms with Crippen LogP contribution in [-0.2, 0) is 4.79 Å². The van der Waals surface area contributed by atoms with Crippen LogP contribution < -0.4 is 10.2 Å². The average molecular weight is 236 g/mol. The Balaban J connectivity index is 2.54. The molecule has 17 heavy (non-hydrogen) atoms. The smallest absolute Gasteiger partial charge is 0.240 e. The molecule has 0 aliphatic rings. The topological polar surface area (TPSA) is 52.6 Å². The van der Waals surface area contributed by atoms with Crippen molar-refractivity contribution in [1.82, 2.24) is 5.32 Å². The van der Waals surface area contributed by atoms with Gasteiger partial charge in [0, 0.05) is 18.8 Å². The van der Waals surface area contributed by atoms with Crippen molar-refractivity contribution in [1.29, 1.82) is 0 Å². The van der Waals surface area contributed by atoms with Crippen LogP contribution in [-0.4, -0.2) is 30.6 Å². The van der Waals surface area contributed by atoms with Crippen LogP contribution in [0, 0.1) is 0 Å². The number of carbonyl (C=O) groups is 1. The number of nitrogens with one attached hydrogen (secondary N) is 1. The highest BCUT2D eigenvalue weighted by atomic mass is 16.3. The monoisotopic (exact) mass is 236 g/mol. The highest BCUT2D eigenvalue weighted by Gasteiger charge is 2.11. The van der Waals surface area contributed by atoms with Crippen LogP contribution in [0.25, 0.3) is 0 Å². The number of benzene rings is 1. The van der Waals surface area contributed by atoms with Crippen molar-refractivity contribution in [3.05, 3.63) is 24.3 Å². The number of aromatic hydroxyl groups is 1. The van der Waals surface area contributed by atoms with Gasteiger partial charge in [0.2, 0.25) is 5.91 Å². The molecule has 4 nitrogen and oxygen atoms in total. The number of rotatable bonds is 5. The minimum absolute atomic E-state index is 0.0102. The number of hydrogen-bond donors (Lipinski definition) is 2. The van der Waals surface area contributed by atoms with E-state index in [1.54, 1.807) is 36.2 Å². The first-order chi connectivity index (χ1) is 8.04. The van der Waals surface area contributed by atoms with Gasteiger partial charge in [0.1, 0.15) is 5.75 Å². The van der Waals surface area contributed by atoms with Crippen LogP contribution in [0.3, 0.4) is 0 Å². The number of anilines is 1. The third kappa shape index (κ3) is 4.07. The van der Waals surface area contributed by atoms with Gasteiger partial charge in [-0.3, -0.25) is 4.79 Å². The Kier molecular flexibility index (Phi) is 4.97. The molecular weight excluding hydrogens is 216 g/mol. The Labute approximate surface area is 102 Å². The Morgan fingerprint density at radius 3 is 2.53 bits per heavy atom. The van der Waals surface area contributed by atoms with Crippen LogP contribution in [0.1, 0.15) is 20.3 Å². The standard InChI is InChI=1S/C13H20N2O2/c1-4-10(2)14-9-13(17)15(3)11-5-7-12(16)8-6-11/h5-8,10,14,16H,4,9H2,1-3H3. The minimum Gasteiger partial charge on any atom is -0.508 e. The van der Waals surface area contributed by atoms with Crippen LogP contribution >= 0.6 is 0 Å². The van der Waals surface area contributed by atoms with Crippen LogP contribution in [0.5, 0.6) is 5.75 Å². The van der Waals surface area contributed by atoms with E-state index in [0.717, 1.165) is 12.1 Å². The highest BCUT2D eigenvalue weighted by Crippen LogP contribution is 2.16. The molecule has 94 valence electrons. The Bertz CT molecular complexity index is 362. The zero-order valence-corrected chi connectivity index (χ0v) is 10.6. The van der Waals surface area contributed by atoms with E-state index in [-0.39, 0.29) is 11.7 Å². The molecule has 2 N–H and O–H groups in total. The van der Waals surface area contributed by atoms with Gasteiger partial charge in [-0.15, -0.1) is 0 Å². The summed E-state index contributed by atoms with van der Waals surface area (Å²) in [5.74, 6) is 0.211. The molecule has 1 rings (SSSR count). The van der Waals surface area contributed by atoms with Crippen LogP contribution in [0.4, 0.5) is 5.69 Å². The predicted octanol–water partition coefficient (Wildman–Crippen LogP) is 1.74. The zero-order valence-electron chi connectivity index (χ0n) is 10.6. The molecule has 1 aromatic rings. The van der Waals surface area contributed by atoms with E-state index in [1.807, 2.05) is 6.92 Å². The predicted molar refractivity (Wildman–Crippen MR) is 69.3 cm³/mol. The second kappa shape index (κ2) is 6.25. The molecule has 0 spiro atoms. The summed E-state index contributed by atoms with van der Waals surface area (Å²) in [6.45, 7) is 4.45. The lowest BCUT2D eigenvalue weighted by molar-refractivity contribution is -0.117. The molecule has 0 radical (unpaired) electrons. The summed E-state index contributed by atoms with van der Waals surface area (Å²) in [6, 6.07) is 6.92. The Morgan fingerprint density at radius 2 is 2.00 bits per heavy atom. The number of phenols is 1. The van der Waals surface area contributed by atoms with Gasteiger partial charge in [-0.25, -0.2) is 0 Å². The fraction of sp³-hybridized carbons (Fsp3) is 0.462. The molecular formula is C13H20N2O2. The van der Waals surface area contributed by atoms with E-state index in [1.165, 1.54) is 0 Å². The van der Waals surface area contributed by atoms with Crippen molar-refractivity contribution in [2.45, 2.75) is 26.3 Å². The molecule has 1 aromatic carbocycles. The van der Waals surface area contributed by atoms with Gasteiger partial charge in [0.05, 0.1) is 6.54 Å². The van der Waals surface area contributed by atoms with Crippen molar-refractivity contribution in [2.75, 3.05) is 18.5 Å². The summed E-state index contributed by atoms with van der Waals surface area (Å²) < 4.78 is 0. The fourth-order valence-corrected chi connectivity index (χ4v) is 1.34. The summed E-state index contributed by atoms with van der Waals surface area (Å²) in [5.41, 5.74) is 0.777. The van der Waals surface area contributed by atoms with Gasteiger partial charge in [-0.05, 0) is 37.6 Å². The molecule has 0 heterocycles. The van der Waals surface area contributed by atoms with E-state index in [0.29, 0.717) is 12.6 Å². The van der Waals surface area contributed by atoms with E-state index < -0.39 is 0 Å². The Morgan fingerprint density at radius 1 is 1.41 bits per heavy atom. The molecule has 0 fully saturated rings. The first kappa shape index (κ1) is 13.5. The number of likely N-dealkylation sites (N-methyl/N-ethyl adjacent to an activating group) is 1. The normalized spacial score (nSPS) is 12.2. The molecule has 0 aromatic heterocycles. The molecule has 1 atom stereocenters. The maximum atomic E-state index is 11.8. The molecule has 1 unspecified atom stereocenters. The van der Waals surface area contributed by atoms with Gasteiger partial charge < -0.3 is 15.3 Å². The molecule has 4 heteroatoms. The lowest BCUT2D eigenvalue weighted by Gasteiger charge is -2.19. The quantitative estimate of drug-likeness (QED) is 0.819. The van der Waals surface area contributed by atoms with E-state index >= 15 is 0 Å². The maximum Gasteiger partial charge on any atom is 0.240 e. The second-order valence-electron chi connectivity index (χ2n) is 4.16. The number of hydrogen-bond acceptors (Lipinski definition) is 3. The number of phenolic OH excluding ortho intramolecular Hbond substituents is 1. The van der Waals surface area contributed by atoms with Crippen molar-refractivity contribution in [2.24, 2.45) is 0 Å². The first-order valence-corrected chi connectivity index (χ1v) is 5.83. The SMILES string of the molecule is CCC(C)NCC(=O)N(C)c1ccc(O)cc1. The van der Waals surface area contributed by atoms with E-state index in [9.17, 15) is 4.79 Å². The lowest BCUT2D eigenvalue weighted by atomic mass is 10.2. The van der Waals surface area contributed by atoms with E-state index in [2.05, 4.69) is 12.2 Å². The van der Waals surface area contributed by atoms with Crippen LogP contribution in [0.15, 0.2) is 24.3 Å². The van der Waals surface area contributed by atoms with E-state index in [4.69, 9.17) is 5.11 Å². The van der Waals surface area contributed by atoms with Crippen molar-refractivity contribution >= 4 is 11.6 Å². The average Bonchev–Trinajstić information content (AvgIpc) is 2.35. The molecule has 1 amide bonds. The molecule has 0 saturated carbocycles. The maximum absolute atomic E-state index is 11.8. The number of carbonyl (C=O) groups excluding carboxylic acids is 1. The summed E-state index contributed by atoms with van der Waals surface area (Å²) in [5, 5.41) is 12.3. The fourth-order valence-electron chi connectivity index (χ4n) is 1.34. The van der Waals surface area contributed by atoms with Crippen molar-refractivity contribution < 1.29 is 9.90 Å². The number of nitrogens with zero attached hydrogens (tertiary/aromatic N) is 1. The Hall–Kier alpha value is -1.55. The first-order valence-electron chi connectivity index (χ1n) is 5.83. The molecule has 0 saturated heterocycles. The molecule has 0 bridgehead atoms. The summed E-state index contributed by atoms with van der Waals surface area (Å²) in [4.78, 5) is 13.4. The van der Waals surface area contributed by atoms with Gasteiger partial charge in [0.15, 0.2) is 0 Å².